The van der Waals surface area contributed by atoms with Gasteiger partial charge in [-0.1, -0.05) is 133 Å². The normalized spacial score (nSPS) is 11.0. The molecule has 0 saturated carbocycles. The molecule has 0 fully saturated rings. The molecule has 7 rings (SSSR count). The molecule has 7 aromatic rings. The number of nitrogens with zero attached hydrogens (tertiary/aromatic N) is 5. The number of aromatic nitrogens is 5. The van der Waals surface area contributed by atoms with Gasteiger partial charge in [-0.15, -0.1) is 0 Å². The summed E-state index contributed by atoms with van der Waals surface area (Å²) >= 11 is 0. The van der Waals surface area contributed by atoms with Crippen LogP contribution in [-0.2, 0) is 0 Å². The number of hydrogen-bond acceptors (Lipinski definition) is 5. The zero-order chi connectivity index (χ0) is 29.9. The van der Waals surface area contributed by atoms with Crippen LogP contribution >= 0.6 is 0 Å². The summed E-state index contributed by atoms with van der Waals surface area (Å²) in [7, 11) is 0. The smallest absolute Gasteiger partial charge is 0.164 e. The summed E-state index contributed by atoms with van der Waals surface area (Å²) in [5, 5.41) is 0. The van der Waals surface area contributed by atoms with Gasteiger partial charge in [-0.2, -0.15) is 0 Å². The lowest BCUT2D eigenvalue weighted by molar-refractivity contribution is 1.06. The van der Waals surface area contributed by atoms with Crippen molar-refractivity contribution >= 4 is 0 Å². The zero-order valence-corrected chi connectivity index (χ0v) is 24.5. The standard InChI is InChI=1S/C39H29N5/c1-26-25-27(2)41-36(40-26)33-19-15-30(16-20-33)31-17-23-35(24-18-31)39-43-37(32-11-7-4-8-12-32)42-38(44-39)34-21-13-29(14-22-34)28-9-5-3-6-10-28/h3-25H,1-2H3. The Morgan fingerprint density at radius 3 is 0.886 bits per heavy atom. The third-order valence-electron chi connectivity index (χ3n) is 7.52. The van der Waals surface area contributed by atoms with E-state index in [1.54, 1.807) is 0 Å². The topological polar surface area (TPSA) is 64.5 Å². The molecule has 0 aliphatic heterocycles. The van der Waals surface area contributed by atoms with Gasteiger partial charge in [0.25, 0.3) is 0 Å². The molecule has 210 valence electrons. The van der Waals surface area contributed by atoms with E-state index in [1.165, 1.54) is 5.56 Å². The van der Waals surface area contributed by atoms with Gasteiger partial charge >= 0.3 is 0 Å². The molecule has 0 saturated heterocycles. The molecule has 0 spiro atoms. The second-order valence-electron chi connectivity index (χ2n) is 10.7. The Kier molecular flexibility index (Phi) is 7.27. The van der Waals surface area contributed by atoms with Gasteiger partial charge in [0.2, 0.25) is 0 Å². The minimum Gasteiger partial charge on any atom is -0.233 e. The van der Waals surface area contributed by atoms with E-state index in [4.69, 9.17) is 15.0 Å². The maximum absolute atomic E-state index is 4.93. The van der Waals surface area contributed by atoms with Crippen molar-refractivity contribution in [1.29, 1.82) is 0 Å². The average Bonchev–Trinajstić information content (AvgIpc) is 3.09. The van der Waals surface area contributed by atoms with Crippen molar-refractivity contribution < 1.29 is 0 Å². The Labute approximate surface area is 257 Å². The summed E-state index contributed by atoms with van der Waals surface area (Å²) < 4.78 is 0. The van der Waals surface area contributed by atoms with Gasteiger partial charge in [-0.3, -0.25) is 0 Å². The van der Waals surface area contributed by atoms with E-state index in [1.807, 2.05) is 56.3 Å². The molecular weight excluding hydrogens is 538 g/mol. The van der Waals surface area contributed by atoms with Gasteiger partial charge in [-0.05, 0) is 42.2 Å². The molecule has 5 aromatic carbocycles. The van der Waals surface area contributed by atoms with Crippen molar-refractivity contribution in [3.05, 3.63) is 151 Å². The first-order valence-electron chi connectivity index (χ1n) is 14.6. The van der Waals surface area contributed by atoms with Crippen LogP contribution < -0.4 is 0 Å². The molecule has 0 amide bonds. The van der Waals surface area contributed by atoms with Crippen molar-refractivity contribution in [3.8, 4) is 67.8 Å². The fourth-order valence-corrected chi connectivity index (χ4v) is 5.27. The van der Waals surface area contributed by atoms with Gasteiger partial charge in [0.1, 0.15) is 0 Å². The second-order valence-corrected chi connectivity index (χ2v) is 10.7. The monoisotopic (exact) mass is 567 g/mol. The number of hydrogen-bond donors (Lipinski definition) is 0. The number of benzene rings is 5. The van der Waals surface area contributed by atoms with Crippen molar-refractivity contribution in [3.63, 3.8) is 0 Å². The maximum atomic E-state index is 4.93. The lowest BCUT2D eigenvalue weighted by atomic mass is 10.0. The lowest BCUT2D eigenvalue weighted by Gasteiger charge is -2.10. The molecule has 44 heavy (non-hydrogen) atoms. The van der Waals surface area contributed by atoms with E-state index in [-0.39, 0.29) is 0 Å². The van der Waals surface area contributed by atoms with Crippen LogP contribution in [0.3, 0.4) is 0 Å². The lowest BCUT2D eigenvalue weighted by Crippen LogP contribution is -2.00. The van der Waals surface area contributed by atoms with Crippen LogP contribution in [0.4, 0.5) is 0 Å². The van der Waals surface area contributed by atoms with Gasteiger partial charge in [0.05, 0.1) is 0 Å². The van der Waals surface area contributed by atoms with Crippen LogP contribution in [0.5, 0.6) is 0 Å². The van der Waals surface area contributed by atoms with Crippen molar-refractivity contribution in [2.45, 2.75) is 13.8 Å². The highest BCUT2D eigenvalue weighted by Gasteiger charge is 2.13. The van der Waals surface area contributed by atoms with Crippen molar-refractivity contribution in [2.75, 3.05) is 0 Å². The van der Waals surface area contributed by atoms with E-state index in [0.717, 1.165) is 56.2 Å². The maximum Gasteiger partial charge on any atom is 0.164 e. The second kappa shape index (κ2) is 11.8. The first kappa shape index (κ1) is 27.0. The summed E-state index contributed by atoms with van der Waals surface area (Å²) in [6, 6.07) is 47.5. The summed E-state index contributed by atoms with van der Waals surface area (Å²) in [6.07, 6.45) is 0. The summed E-state index contributed by atoms with van der Waals surface area (Å²) in [4.78, 5) is 23.9. The molecule has 0 bridgehead atoms. The molecule has 5 nitrogen and oxygen atoms in total. The third kappa shape index (κ3) is 5.76. The quantitative estimate of drug-likeness (QED) is 0.200. The average molecular weight is 568 g/mol. The van der Waals surface area contributed by atoms with Gasteiger partial charge < -0.3 is 0 Å². The fourth-order valence-electron chi connectivity index (χ4n) is 5.27. The molecule has 2 heterocycles. The fraction of sp³-hybridized carbons (Fsp3) is 0.0513. The van der Waals surface area contributed by atoms with Crippen molar-refractivity contribution in [1.82, 2.24) is 24.9 Å². The highest BCUT2D eigenvalue weighted by atomic mass is 15.0. The molecule has 0 atom stereocenters. The van der Waals surface area contributed by atoms with Crippen LogP contribution in [0, 0.1) is 13.8 Å². The third-order valence-corrected chi connectivity index (χ3v) is 7.52. The molecule has 0 radical (unpaired) electrons. The predicted octanol–water partition coefficient (Wildman–Crippen LogP) is 9.28. The SMILES string of the molecule is Cc1cc(C)nc(-c2ccc(-c3ccc(-c4nc(-c5ccccc5)nc(-c5ccc(-c6ccccc6)cc5)n4)cc3)cc2)n1. The first-order chi connectivity index (χ1) is 21.6. The Balaban J connectivity index is 1.21. The number of aryl methyl sites for hydroxylation is 2. The van der Waals surface area contributed by atoms with Crippen LogP contribution in [0.25, 0.3) is 67.8 Å². The molecular formula is C39H29N5. The number of rotatable bonds is 6. The Hall–Kier alpha value is -5.81. The first-order valence-corrected chi connectivity index (χ1v) is 14.6. The van der Waals surface area contributed by atoms with Crippen LogP contribution in [-0.4, -0.2) is 24.9 Å². The Morgan fingerprint density at radius 2 is 0.523 bits per heavy atom. The van der Waals surface area contributed by atoms with Crippen LogP contribution in [0.1, 0.15) is 11.4 Å². The minimum absolute atomic E-state index is 0.634. The van der Waals surface area contributed by atoms with Crippen molar-refractivity contribution in [2.24, 2.45) is 0 Å². The van der Waals surface area contributed by atoms with E-state index in [9.17, 15) is 0 Å². The molecule has 0 aliphatic carbocycles. The summed E-state index contributed by atoms with van der Waals surface area (Å²) in [6.45, 7) is 3.99. The molecule has 5 heteroatoms. The predicted molar refractivity (Wildman–Crippen MR) is 178 cm³/mol. The van der Waals surface area contributed by atoms with Crippen LogP contribution in [0.15, 0.2) is 140 Å². The highest BCUT2D eigenvalue weighted by Crippen LogP contribution is 2.29. The van der Waals surface area contributed by atoms with E-state index in [0.29, 0.717) is 17.5 Å². The Bertz CT molecular complexity index is 2020. The van der Waals surface area contributed by atoms with E-state index >= 15 is 0 Å². The van der Waals surface area contributed by atoms with E-state index in [2.05, 4.69) is 107 Å². The molecule has 0 N–H and O–H groups in total. The van der Waals surface area contributed by atoms with Gasteiger partial charge in [-0.25, -0.2) is 24.9 Å². The largest absolute Gasteiger partial charge is 0.233 e. The molecule has 2 aromatic heterocycles. The summed E-state index contributed by atoms with van der Waals surface area (Å²) in [5.74, 6) is 2.67. The molecule has 0 unspecified atom stereocenters. The van der Waals surface area contributed by atoms with E-state index < -0.39 is 0 Å². The minimum atomic E-state index is 0.634. The highest BCUT2D eigenvalue weighted by molar-refractivity contribution is 5.73. The Morgan fingerprint density at radius 1 is 0.273 bits per heavy atom. The zero-order valence-electron chi connectivity index (χ0n) is 24.5. The molecule has 0 aliphatic rings. The summed E-state index contributed by atoms with van der Waals surface area (Å²) in [5.41, 5.74) is 10.3. The van der Waals surface area contributed by atoms with Gasteiger partial charge in [0.15, 0.2) is 23.3 Å². The van der Waals surface area contributed by atoms with Crippen LogP contribution in [0.2, 0.25) is 0 Å². The van der Waals surface area contributed by atoms with Gasteiger partial charge in [0, 0.05) is 33.6 Å².